The van der Waals surface area contributed by atoms with Crippen molar-refractivity contribution in [3.8, 4) is 5.75 Å². The Hall–Kier alpha value is -1.72. The number of nitrogens with one attached hydrogen (secondary N) is 1. The highest BCUT2D eigenvalue weighted by Gasteiger charge is 2.20. The highest BCUT2D eigenvalue weighted by Crippen LogP contribution is 2.24. The van der Waals surface area contributed by atoms with Gasteiger partial charge in [-0.05, 0) is 45.7 Å². The van der Waals surface area contributed by atoms with E-state index in [1.54, 1.807) is 7.11 Å². The number of halogens is 1. The smallest absolute Gasteiger partial charge is 0.120 e. The van der Waals surface area contributed by atoms with Crippen molar-refractivity contribution < 1.29 is 4.74 Å². The maximum atomic E-state index is 5.33. The fraction of sp³-hybridized carbons (Fsp3) is 0.550. The third kappa shape index (κ3) is 5.15. The fourth-order valence-corrected chi connectivity index (χ4v) is 3.23. The zero-order chi connectivity index (χ0) is 17.9. The number of rotatable bonds is 5. The first-order valence-corrected chi connectivity index (χ1v) is 9.12. The van der Waals surface area contributed by atoms with Gasteiger partial charge in [0.05, 0.1) is 18.8 Å². The van der Waals surface area contributed by atoms with Crippen LogP contribution in [-0.4, -0.2) is 36.0 Å². The van der Waals surface area contributed by atoms with Crippen molar-refractivity contribution in [1.82, 2.24) is 15.1 Å². The molecule has 1 saturated heterocycles. The number of methoxy groups -OCH3 is 1. The molecule has 144 valence electrons. The van der Waals surface area contributed by atoms with Crippen LogP contribution in [0.1, 0.15) is 39.2 Å². The molecule has 0 spiro atoms. The number of aromatic nitrogens is 2. The Morgan fingerprint density at radius 2 is 1.96 bits per heavy atom. The van der Waals surface area contributed by atoms with E-state index in [-0.39, 0.29) is 17.9 Å². The Kier molecular flexibility index (Phi) is 6.95. The summed E-state index contributed by atoms with van der Waals surface area (Å²) in [5.41, 5.74) is 2.55. The van der Waals surface area contributed by atoms with Gasteiger partial charge in [0, 0.05) is 49.2 Å². The van der Waals surface area contributed by atoms with E-state index in [1.165, 1.54) is 11.3 Å². The molecule has 1 aromatic carbocycles. The number of nitrogens with zero attached hydrogens (tertiary/aromatic N) is 3. The van der Waals surface area contributed by atoms with E-state index in [4.69, 9.17) is 4.74 Å². The van der Waals surface area contributed by atoms with Crippen LogP contribution in [0.15, 0.2) is 36.7 Å². The first-order valence-electron chi connectivity index (χ1n) is 9.12. The highest BCUT2D eigenvalue weighted by atomic mass is 35.5. The van der Waals surface area contributed by atoms with Crippen LogP contribution in [0.5, 0.6) is 5.75 Å². The van der Waals surface area contributed by atoms with Crippen molar-refractivity contribution in [2.24, 2.45) is 0 Å². The quantitative estimate of drug-likeness (QED) is 0.858. The molecule has 1 N–H and O–H groups in total. The lowest BCUT2D eigenvalue weighted by atomic mass is 10.0. The summed E-state index contributed by atoms with van der Waals surface area (Å²) in [6, 6.07) is 8.91. The monoisotopic (exact) mass is 378 g/mol. The van der Waals surface area contributed by atoms with Crippen molar-refractivity contribution in [2.75, 3.05) is 25.1 Å². The van der Waals surface area contributed by atoms with Gasteiger partial charge < -0.3 is 15.0 Å². The lowest BCUT2D eigenvalue weighted by molar-refractivity contribution is 0.355. The molecule has 2 aromatic rings. The third-order valence-electron chi connectivity index (χ3n) is 4.83. The number of anilines is 1. The van der Waals surface area contributed by atoms with E-state index < -0.39 is 0 Å². The van der Waals surface area contributed by atoms with Gasteiger partial charge in [-0.2, -0.15) is 5.10 Å². The van der Waals surface area contributed by atoms with Gasteiger partial charge in [0.25, 0.3) is 0 Å². The minimum Gasteiger partial charge on any atom is -0.497 e. The van der Waals surface area contributed by atoms with Crippen LogP contribution >= 0.6 is 12.4 Å². The first kappa shape index (κ1) is 20.6. The van der Waals surface area contributed by atoms with Gasteiger partial charge in [0.15, 0.2) is 0 Å². The molecule has 6 heteroatoms. The Labute approximate surface area is 163 Å². The van der Waals surface area contributed by atoms with E-state index in [2.05, 4.69) is 60.5 Å². The van der Waals surface area contributed by atoms with Crippen LogP contribution < -0.4 is 15.0 Å². The van der Waals surface area contributed by atoms with Gasteiger partial charge in [0.2, 0.25) is 0 Å². The molecule has 0 amide bonds. The molecule has 1 aliphatic rings. The fourth-order valence-electron chi connectivity index (χ4n) is 3.23. The van der Waals surface area contributed by atoms with E-state index in [0.717, 1.165) is 38.2 Å². The Balaban J connectivity index is 0.00000243. The Bertz CT molecular complexity index is 687. The molecule has 0 saturated carbocycles. The Morgan fingerprint density at radius 1 is 1.23 bits per heavy atom. The van der Waals surface area contributed by atoms with Crippen LogP contribution in [0, 0.1) is 0 Å². The lowest BCUT2D eigenvalue weighted by Crippen LogP contribution is -2.42. The van der Waals surface area contributed by atoms with Gasteiger partial charge in [-0.15, -0.1) is 12.4 Å². The summed E-state index contributed by atoms with van der Waals surface area (Å²) in [6.07, 6.45) is 6.44. The van der Waals surface area contributed by atoms with Gasteiger partial charge >= 0.3 is 0 Å². The van der Waals surface area contributed by atoms with Crippen LogP contribution in [0.4, 0.5) is 5.69 Å². The number of hydrogen-bond donors (Lipinski definition) is 1. The van der Waals surface area contributed by atoms with Gasteiger partial charge in [0.1, 0.15) is 5.75 Å². The molecule has 5 nitrogen and oxygen atoms in total. The Morgan fingerprint density at radius 3 is 2.58 bits per heavy atom. The summed E-state index contributed by atoms with van der Waals surface area (Å²) in [6.45, 7) is 9.56. The molecule has 0 aliphatic carbocycles. The minimum absolute atomic E-state index is 0. The second-order valence-corrected chi connectivity index (χ2v) is 7.81. The number of hydrogen-bond acceptors (Lipinski definition) is 4. The summed E-state index contributed by atoms with van der Waals surface area (Å²) in [4.78, 5) is 2.44. The molecule has 0 bridgehead atoms. The minimum atomic E-state index is 0. The molecule has 3 rings (SSSR count). The van der Waals surface area contributed by atoms with Crippen LogP contribution in [0.2, 0.25) is 0 Å². The predicted molar refractivity (Wildman–Crippen MR) is 110 cm³/mol. The second kappa shape index (κ2) is 8.78. The molecule has 1 aliphatic heterocycles. The van der Waals surface area contributed by atoms with Gasteiger partial charge in [-0.25, -0.2) is 0 Å². The first-order chi connectivity index (χ1) is 12.0. The van der Waals surface area contributed by atoms with Crippen molar-refractivity contribution >= 4 is 18.1 Å². The van der Waals surface area contributed by atoms with E-state index >= 15 is 0 Å². The van der Waals surface area contributed by atoms with Crippen LogP contribution in [0.25, 0.3) is 0 Å². The normalized spacial score (nSPS) is 15.6. The van der Waals surface area contributed by atoms with E-state index in [9.17, 15) is 0 Å². The summed E-state index contributed by atoms with van der Waals surface area (Å²) in [5, 5.41) is 8.17. The maximum absolute atomic E-state index is 5.33. The van der Waals surface area contributed by atoms with Crippen molar-refractivity contribution in [2.45, 2.75) is 51.7 Å². The maximum Gasteiger partial charge on any atom is 0.120 e. The molecule has 1 aromatic heterocycles. The van der Waals surface area contributed by atoms with Gasteiger partial charge in [-0.3, -0.25) is 4.68 Å². The lowest BCUT2D eigenvalue weighted by Gasteiger charge is -2.34. The predicted octanol–water partition coefficient (Wildman–Crippen LogP) is 3.83. The molecule has 1 fully saturated rings. The standard InChI is InChI=1S/C20H30N4O.ClH/c1-20(2,3)24-15-16(14-22-24)13-21-17-8-10-23(11-9-17)18-6-5-7-19(12-18)25-4;/h5-7,12,14-15,17,21H,8-11,13H2,1-4H3;1H. The topological polar surface area (TPSA) is 42.3 Å². The number of piperidine rings is 1. The van der Waals surface area contributed by atoms with Crippen molar-refractivity contribution in [3.05, 3.63) is 42.2 Å². The summed E-state index contributed by atoms with van der Waals surface area (Å²) < 4.78 is 7.37. The molecule has 0 radical (unpaired) electrons. The van der Waals surface area contributed by atoms with Crippen LogP contribution in [-0.2, 0) is 12.1 Å². The number of benzene rings is 1. The zero-order valence-electron chi connectivity index (χ0n) is 16.2. The molecule has 2 heterocycles. The van der Waals surface area contributed by atoms with Gasteiger partial charge in [-0.1, -0.05) is 6.07 Å². The third-order valence-corrected chi connectivity index (χ3v) is 4.83. The van der Waals surface area contributed by atoms with Crippen LogP contribution in [0.3, 0.4) is 0 Å². The average Bonchev–Trinajstić information content (AvgIpc) is 3.10. The summed E-state index contributed by atoms with van der Waals surface area (Å²) in [5.74, 6) is 0.925. The molecule has 0 atom stereocenters. The summed E-state index contributed by atoms with van der Waals surface area (Å²) >= 11 is 0. The zero-order valence-corrected chi connectivity index (χ0v) is 17.1. The molecular formula is C20H31ClN4O. The van der Waals surface area contributed by atoms with Crippen molar-refractivity contribution in [3.63, 3.8) is 0 Å². The average molecular weight is 379 g/mol. The highest BCUT2D eigenvalue weighted by molar-refractivity contribution is 5.85. The molecular weight excluding hydrogens is 348 g/mol. The second-order valence-electron chi connectivity index (χ2n) is 7.81. The largest absolute Gasteiger partial charge is 0.497 e. The molecule has 26 heavy (non-hydrogen) atoms. The van der Waals surface area contributed by atoms with E-state index in [1.807, 2.05) is 16.9 Å². The number of ether oxygens (including phenoxy) is 1. The van der Waals surface area contributed by atoms with E-state index in [0.29, 0.717) is 6.04 Å². The van der Waals surface area contributed by atoms with Crippen molar-refractivity contribution in [1.29, 1.82) is 0 Å². The molecule has 0 unspecified atom stereocenters. The summed E-state index contributed by atoms with van der Waals surface area (Å²) in [7, 11) is 1.72. The SMILES string of the molecule is COc1cccc(N2CCC(NCc3cnn(C(C)(C)C)c3)CC2)c1.Cl.